The van der Waals surface area contributed by atoms with E-state index in [4.69, 9.17) is 10.5 Å². The summed E-state index contributed by atoms with van der Waals surface area (Å²) >= 11 is 1.73. The van der Waals surface area contributed by atoms with Crippen molar-refractivity contribution in [2.45, 2.75) is 20.3 Å². The Morgan fingerprint density at radius 1 is 1.47 bits per heavy atom. The van der Waals surface area contributed by atoms with Crippen LogP contribution in [0, 0.1) is 5.92 Å². The predicted molar refractivity (Wildman–Crippen MR) is 72.7 cm³/mol. The molecule has 0 radical (unpaired) electrons. The number of rotatable bonds is 5. The van der Waals surface area contributed by atoms with Crippen molar-refractivity contribution in [2.24, 2.45) is 11.7 Å². The van der Waals surface area contributed by atoms with Crippen molar-refractivity contribution in [3.8, 4) is 5.75 Å². The average molecular weight is 250 g/mol. The largest absolute Gasteiger partial charge is 0.494 e. The van der Waals surface area contributed by atoms with Crippen molar-refractivity contribution in [3.63, 3.8) is 0 Å². The molecule has 0 saturated heterocycles. The van der Waals surface area contributed by atoms with E-state index in [9.17, 15) is 0 Å². The van der Waals surface area contributed by atoms with Crippen molar-refractivity contribution in [3.05, 3.63) is 23.2 Å². The molecule has 2 aromatic rings. The lowest BCUT2D eigenvalue weighted by Gasteiger charge is -2.03. The summed E-state index contributed by atoms with van der Waals surface area (Å²) in [6, 6.07) is 6.06. The summed E-state index contributed by atoms with van der Waals surface area (Å²) in [6.45, 7) is 5.55. The zero-order valence-corrected chi connectivity index (χ0v) is 11.1. The fraction of sp³-hybridized carbons (Fsp3) is 0.462. The lowest BCUT2D eigenvalue weighted by molar-refractivity contribution is 0.341. The molecule has 0 aliphatic carbocycles. The second kappa shape index (κ2) is 5.47. The first-order valence-corrected chi connectivity index (χ1v) is 6.77. The number of nitrogens with two attached hydrogens (primary N) is 1. The number of hydrogen-bond acceptors (Lipinski definition) is 4. The molecule has 0 bridgehead atoms. The van der Waals surface area contributed by atoms with Crippen molar-refractivity contribution in [2.75, 3.05) is 13.2 Å². The molecule has 0 aliphatic rings. The van der Waals surface area contributed by atoms with E-state index < -0.39 is 0 Å². The van der Waals surface area contributed by atoms with Crippen LogP contribution < -0.4 is 10.5 Å². The molecule has 0 saturated carbocycles. The molecule has 0 aliphatic heterocycles. The first-order valence-electron chi connectivity index (χ1n) is 5.95. The summed E-state index contributed by atoms with van der Waals surface area (Å²) in [5.41, 5.74) is 6.69. The number of nitrogens with zero attached hydrogens (tertiary/aromatic N) is 1. The Labute approximate surface area is 106 Å². The highest BCUT2D eigenvalue weighted by Crippen LogP contribution is 2.27. The molecule has 1 unspecified atom stereocenters. The number of thiazole rings is 1. The van der Waals surface area contributed by atoms with Crippen molar-refractivity contribution in [1.29, 1.82) is 0 Å². The SMILES string of the molecule is CCOc1ccc2nc(CC(C)CN)sc2c1. The normalized spacial score (nSPS) is 12.9. The Morgan fingerprint density at radius 2 is 2.29 bits per heavy atom. The van der Waals surface area contributed by atoms with Crippen LogP contribution in [0.15, 0.2) is 18.2 Å². The Kier molecular flexibility index (Phi) is 3.97. The van der Waals surface area contributed by atoms with Crippen LogP contribution in [0.2, 0.25) is 0 Å². The molecule has 17 heavy (non-hydrogen) atoms. The molecule has 4 heteroatoms. The molecule has 92 valence electrons. The fourth-order valence-electron chi connectivity index (χ4n) is 1.68. The smallest absolute Gasteiger partial charge is 0.120 e. The second-order valence-electron chi connectivity index (χ2n) is 4.22. The van der Waals surface area contributed by atoms with Gasteiger partial charge in [0.1, 0.15) is 5.75 Å². The van der Waals surface area contributed by atoms with Gasteiger partial charge in [-0.25, -0.2) is 4.98 Å². The summed E-state index contributed by atoms with van der Waals surface area (Å²) < 4.78 is 6.67. The van der Waals surface area contributed by atoms with E-state index in [2.05, 4.69) is 18.0 Å². The third kappa shape index (κ3) is 2.96. The van der Waals surface area contributed by atoms with E-state index in [1.165, 1.54) is 4.70 Å². The molecule has 2 N–H and O–H groups in total. The Bertz CT molecular complexity index is 495. The summed E-state index contributed by atoms with van der Waals surface area (Å²) in [6.07, 6.45) is 0.958. The highest BCUT2D eigenvalue weighted by molar-refractivity contribution is 7.18. The second-order valence-corrected chi connectivity index (χ2v) is 5.33. The van der Waals surface area contributed by atoms with Gasteiger partial charge in [0.2, 0.25) is 0 Å². The van der Waals surface area contributed by atoms with Crippen molar-refractivity contribution < 1.29 is 4.74 Å². The number of benzene rings is 1. The standard InChI is InChI=1S/C13H18N2OS/c1-3-16-10-4-5-11-12(7-10)17-13(15-11)6-9(2)8-14/h4-5,7,9H,3,6,8,14H2,1-2H3. The van der Waals surface area contributed by atoms with Gasteiger partial charge in [-0.05, 0) is 37.6 Å². The van der Waals surface area contributed by atoms with E-state index in [1.54, 1.807) is 11.3 Å². The number of ether oxygens (including phenoxy) is 1. The third-order valence-electron chi connectivity index (χ3n) is 2.64. The van der Waals surface area contributed by atoms with Crippen LogP contribution in [0.25, 0.3) is 10.2 Å². The van der Waals surface area contributed by atoms with E-state index >= 15 is 0 Å². The van der Waals surface area contributed by atoms with Gasteiger partial charge >= 0.3 is 0 Å². The summed E-state index contributed by atoms with van der Waals surface area (Å²) in [7, 11) is 0. The van der Waals surface area contributed by atoms with Gasteiger partial charge < -0.3 is 10.5 Å². The Morgan fingerprint density at radius 3 is 3.00 bits per heavy atom. The molecule has 0 amide bonds. The van der Waals surface area contributed by atoms with E-state index in [-0.39, 0.29) is 0 Å². The number of aromatic nitrogens is 1. The average Bonchev–Trinajstić information content (AvgIpc) is 2.70. The zero-order valence-electron chi connectivity index (χ0n) is 10.3. The summed E-state index contributed by atoms with van der Waals surface area (Å²) in [5, 5.41) is 1.16. The van der Waals surface area contributed by atoms with Gasteiger partial charge in [-0.15, -0.1) is 11.3 Å². The maximum atomic E-state index is 5.63. The highest BCUT2D eigenvalue weighted by Gasteiger charge is 2.08. The fourth-order valence-corrected chi connectivity index (χ4v) is 2.84. The van der Waals surface area contributed by atoms with Crippen LogP contribution >= 0.6 is 11.3 Å². The first kappa shape index (κ1) is 12.3. The lowest BCUT2D eigenvalue weighted by atomic mass is 10.1. The van der Waals surface area contributed by atoms with Gasteiger partial charge in [0.25, 0.3) is 0 Å². The molecule has 1 aromatic carbocycles. The van der Waals surface area contributed by atoms with Crippen LogP contribution in [0.5, 0.6) is 5.75 Å². The molecule has 1 aromatic heterocycles. The molecule has 0 spiro atoms. The van der Waals surface area contributed by atoms with Crippen LogP contribution in [0.3, 0.4) is 0 Å². The quantitative estimate of drug-likeness (QED) is 0.887. The predicted octanol–water partition coefficient (Wildman–Crippen LogP) is 2.83. The minimum Gasteiger partial charge on any atom is -0.494 e. The maximum absolute atomic E-state index is 5.63. The minimum absolute atomic E-state index is 0.488. The van der Waals surface area contributed by atoms with Gasteiger partial charge in [0, 0.05) is 6.42 Å². The monoisotopic (exact) mass is 250 g/mol. The molecular formula is C13H18N2OS. The van der Waals surface area contributed by atoms with E-state index in [0.29, 0.717) is 19.1 Å². The highest BCUT2D eigenvalue weighted by atomic mass is 32.1. The summed E-state index contributed by atoms with van der Waals surface area (Å²) in [4.78, 5) is 4.61. The summed E-state index contributed by atoms with van der Waals surface area (Å²) in [5.74, 6) is 1.41. The van der Waals surface area contributed by atoms with Crippen LogP contribution in [-0.4, -0.2) is 18.1 Å². The molecule has 2 rings (SSSR count). The van der Waals surface area contributed by atoms with Crippen molar-refractivity contribution >= 4 is 21.6 Å². The Balaban J connectivity index is 2.24. The van der Waals surface area contributed by atoms with E-state index in [1.807, 2.05) is 19.1 Å². The molecular weight excluding hydrogens is 232 g/mol. The van der Waals surface area contributed by atoms with Gasteiger partial charge in [-0.3, -0.25) is 0 Å². The Hall–Kier alpha value is -1.13. The zero-order chi connectivity index (χ0) is 12.3. The first-order chi connectivity index (χ1) is 8.22. The topological polar surface area (TPSA) is 48.1 Å². The van der Waals surface area contributed by atoms with Gasteiger partial charge in [0.05, 0.1) is 21.8 Å². The maximum Gasteiger partial charge on any atom is 0.120 e. The van der Waals surface area contributed by atoms with Gasteiger partial charge in [-0.2, -0.15) is 0 Å². The van der Waals surface area contributed by atoms with Crippen LogP contribution in [0.1, 0.15) is 18.9 Å². The van der Waals surface area contributed by atoms with Crippen LogP contribution in [0.4, 0.5) is 0 Å². The molecule has 1 atom stereocenters. The minimum atomic E-state index is 0.488. The van der Waals surface area contributed by atoms with Crippen LogP contribution in [-0.2, 0) is 6.42 Å². The van der Waals surface area contributed by atoms with Gasteiger partial charge in [-0.1, -0.05) is 6.92 Å². The number of fused-ring (bicyclic) bond motifs is 1. The van der Waals surface area contributed by atoms with E-state index in [0.717, 1.165) is 22.7 Å². The van der Waals surface area contributed by atoms with Crippen molar-refractivity contribution in [1.82, 2.24) is 4.98 Å². The lowest BCUT2D eigenvalue weighted by Crippen LogP contribution is -2.12. The van der Waals surface area contributed by atoms with Gasteiger partial charge in [0.15, 0.2) is 0 Å². The molecule has 1 heterocycles. The molecule has 0 fully saturated rings. The third-order valence-corrected chi connectivity index (χ3v) is 3.68. The molecule has 3 nitrogen and oxygen atoms in total. The number of hydrogen-bond donors (Lipinski definition) is 1.